The fourth-order valence-electron chi connectivity index (χ4n) is 5.75. The van der Waals surface area contributed by atoms with E-state index in [2.05, 4.69) is 16.0 Å². The summed E-state index contributed by atoms with van der Waals surface area (Å²) in [7, 11) is 0. The summed E-state index contributed by atoms with van der Waals surface area (Å²) in [6.07, 6.45) is 10.1. The van der Waals surface area contributed by atoms with Crippen LogP contribution >= 0.6 is 0 Å². The zero-order chi connectivity index (χ0) is 22.9. The summed E-state index contributed by atoms with van der Waals surface area (Å²) in [5, 5.41) is 9.07. The molecule has 0 aromatic heterocycles. The Morgan fingerprint density at radius 1 is 0.969 bits per heavy atom. The van der Waals surface area contributed by atoms with E-state index < -0.39 is 11.5 Å². The van der Waals surface area contributed by atoms with Gasteiger partial charge in [0, 0.05) is 23.9 Å². The maximum absolute atomic E-state index is 13.7. The van der Waals surface area contributed by atoms with Crippen molar-refractivity contribution < 1.29 is 19.2 Å². The fourth-order valence-corrected chi connectivity index (χ4v) is 5.75. The second kappa shape index (κ2) is 9.40. The van der Waals surface area contributed by atoms with Crippen LogP contribution in [0, 0.1) is 17.3 Å². The minimum absolute atomic E-state index is 0.0455. The number of urea groups is 1. The molecular formula is C24H38N4O4. The molecule has 3 N–H and O–H groups in total. The molecule has 3 atom stereocenters. The highest BCUT2D eigenvalue weighted by molar-refractivity contribution is 5.88. The molecule has 0 aromatic carbocycles. The number of nitrogens with one attached hydrogen (secondary N) is 3. The molecular weight excluding hydrogens is 408 g/mol. The zero-order valence-corrected chi connectivity index (χ0v) is 19.4. The van der Waals surface area contributed by atoms with Crippen molar-refractivity contribution in [2.24, 2.45) is 17.3 Å². The van der Waals surface area contributed by atoms with Crippen molar-refractivity contribution in [3.63, 3.8) is 0 Å². The van der Waals surface area contributed by atoms with Gasteiger partial charge < -0.3 is 25.6 Å². The Kier molecular flexibility index (Phi) is 6.77. The van der Waals surface area contributed by atoms with Crippen LogP contribution < -0.4 is 16.0 Å². The Bertz CT molecular complexity index is 740. The van der Waals surface area contributed by atoms with Crippen molar-refractivity contribution in [2.45, 2.75) is 102 Å². The van der Waals surface area contributed by atoms with E-state index in [-0.39, 0.29) is 47.8 Å². The number of aldehydes is 1. The van der Waals surface area contributed by atoms with E-state index in [1.165, 1.54) is 0 Å². The van der Waals surface area contributed by atoms with Crippen LogP contribution in [-0.4, -0.2) is 59.7 Å². The van der Waals surface area contributed by atoms with Gasteiger partial charge in [-0.2, -0.15) is 0 Å². The number of nitrogens with zero attached hydrogens (tertiary/aromatic N) is 1. The van der Waals surface area contributed by atoms with Gasteiger partial charge in [-0.05, 0) is 50.9 Å². The summed E-state index contributed by atoms with van der Waals surface area (Å²) >= 11 is 0. The summed E-state index contributed by atoms with van der Waals surface area (Å²) in [5.41, 5.74) is -0.596. The first-order valence-electron chi connectivity index (χ1n) is 12.5. The third-order valence-electron chi connectivity index (χ3n) is 7.97. The van der Waals surface area contributed by atoms with Crippen LogP contribution in [-0.2, 0) is 14.4 Å². The lowest BCUT2D eigenvalue weighted by Crippen LogP contribution is -2.62. The molecule has 0 aromatic rings. The Labute approximate surface area is 190 Å². The van der Waals surface area contributed by atoms with Crippen LogP contribution in [0.2, 0.25) is 0 Å². The SMILES string of the molecule is CC(C)[C@H](NC(=O)NC1CCCC1)C(=O)N1CC[C@H](NC(=O)C2CC2)[C@H]1C1(C=O)CCC1. The van der Waals surface area contributed by atoms with Gasteiger partial charge in [0.05, 0.1) is 12.1 Å². The second-order valence-corrected chi connectivity index (χ2v) is 10.7. The summed E-state index contributed by atoms with van der Waals surface area (Å²) in [6, 6.07) is -1.34. The van der Waals surface area contributed by atoms with Gasteiger partial charge in [0.2, 0.25) is 11.8 Å². The molecule has 4 fully saturated rings. The largest absolute Gasteiger partial charge is 0.351 e. The third kappa shape index (κ3) is 4.64. The number of carbonyl (C=O) groups excluding carboxylic acids is 4. The lowest BCUT2D eigenvalue weighted by atomic mass is 9.63. The Morgan fingerprint density at radius 3 is 2.19 bits per heavy atom. The quantitative estimate of drug-likeness (QED) is 0.496. The van der Waals surface area contributed by atoms with Crippen molar-refractivity contribution in [1.29, 1.82) is 0 Å². The number of amides is 4. The van der Waals surface area contributed by atoms with Gasteiger partial charge in [-0.25, -0.2) is 4.79 Å². The van der Waals surface area contributed by atoms with Gasteiger partial charge in [0.15, 0.2) is 0 Å². The maximum atomic E-state index is 13.7. The average Bonchev–Trinajstić information content (AvgIpc) is 3.32. The van der Waals surface area contributed by atoms with E-state index >= 15 is 0 Å². The van der Waals surface area contributed by atoms with E-state index in [0.29, 0.717) is 13.0 Å². The molecule has 1 heterocycles. The fraction of sp³-hybridized carbons (Fsp3) is 0.833. The van der Waals surface area contributed by atoms with Crippen LogP contribution in [0.25, 0.3) is 0 Å². The molecule has 178 valence electrons. The van der Waals surface area contributed by atoms with Crippen molar-refractivity contribution in [3.8, 4) is 0 Å². The second-order valence-electron chi connectivity index (χ2n) is 10.7. The molecule has 3 saturated carbocycles. The molecule has 4 amide bonds. The maximum Gasteiger partial charge on any atom is 0.315 e. The van der Waals surface area contributed by atoms with Crippen LogP contribution in [0.4, 0.5) is 4.79 Å². The van der Waals surface area contributed by atoms with Gasteiger partial charge in [-0.1, -0.05) is 33.1 Å². The van der Waals surface area contributed by atoms with Crippen molar-refractivity contribution in [1.82, 2.24) is 20.9 Å². The third-order valence-corrected chi connectivity index (χ3v) is 7.97. The molecule has 0 spiro atoms. The predicted octanol–water partition coefficient (Wildman–Crippen LogP) is 2.12. The van der Waals surface area contributed by atoms with Gasteiger partial charge in [-0.3, -0.25) is 9.59 Å². The van der Waals surface area contributed by atoms with E-state index in [0.717, 1.165) is 64.1 Å². The summed E-state index contributed by atoms with van der Waals surface area (Å²) in [5.74, 6) is -0.114. The smallest absolute Gasteiger partial charge is 0.315 e. The highest BCUT2D eigenvalue weighted by Crippen LogP contribution is 2.48. The highest BCUT2D eigenvalue weighted by Gasteiger charge is 2.55. The van der Waals surface area contributed by atoms with Crippen molar-refractivity contribution in [2.75, 3.05) is 6.54 Å². The molecule has 0 unspecified atom stereocenters. The molecule has 1 aliphatic heterocycles. The minimum Gasteiger partial charge on any atom is -0.351 e. The van der Waals surface area contributed by atoms with Crippen LogP contribution in [0.1, 0.15) is 78.1 Å². The monoisotopic (exact) mass is 446 g/mol. The van der Waals surface area contributed by atoms with Gasteiger partial charge >= 0.3 is 6.03 Å². The minimum atomic E-state index is -0.666. The first-order valence-corrected chi connectivity index (χ1v) is 12.5. The normalized spacial score (nSPS) is 28.2. The molecule has 32 heavy (non-hydrogen) atoms. The van der Waals surface area contributed by atoms with E-state index in [1.807, 2.05) is 13.8 Å². The van der Waals surface area contributed by atoms with Gasteiger partial charge in [-0.15, -0.1) is 0 Å². The number of rotatable bonds is 8. The summed E-state index contributed by atoms with van der Waals surface area (Å²) in [6.45, 7) is 4.34. The zero-order valence-electron chi connectivity index (χ0n) is 19.4. The molecule has 0 radical (unpaired) electrons. The highest BCUT2D eigenvalue weighted by atomic mass is 16.2. The van der Waals surface area contributed by atoms with Crippen molar-refractivity contribution in [3.05, 3.63) is 0 Å². The van der Waals surface area contributed by atoms with Gasteiger partial charge in [0.25, 0.3) is 0 Å². The molecule has 8 nitrogen and oxygen atoms in total. The molecule has 1 saturated heterocycles. The summed E-state index contributed by atoms with van der Waals surface area (Å²) < 4.78 is 0. The standard InChI is InChI=1S/C24H38N4O4/c1-15(2)19(27-23(32)25-17-6-3-4-7-17)22(31)28-13-10-18(26-21(30)16-8-9-16)20(28)24(14-29)11-5-12-24/h14-20H,3-13H2,1-2H3,(H,26,30)(H2,25,27,32)/t18-,19-,20-/m0/s1. The van der Waals surface area contributed by atoms with Crippen LogP contribution in [0.5, 0.6) is 0 Å². The number of carbonyl (C=O) groups is 4. The Balaban J connectivity index is 1.48. The molecule has 4 rings (SSSR count). The van der Waals surface area contributed by atoms with E-state index in [9.17, 15) is 19.2 Å². The average molecular weight is 447 g/mol. The van der Waals surface area contributed by atoms with E-state index in [1.54, 1.807) is 4.90 Å². The molecule has 8 heteroatoms. The Morgan fingerprint density at radius 2 is 1.66 bits per heavy atom. The van der Waals surface area contributed by atoms with Crippen LogP contribution in [0.15, 0.2) is 0 Å². The molecule has 0 bridgehead atoms. The first-order chi connectivity index (χ1) is 15.3. The number of hydrogen-bond acceptors (Lipinski definition) is 4. The summed E-state index contributed by atoms with van der Waals surface area (Å²) in [4.78, 5) is 52.8. The Hall–Kier alpha value is -2.12. The first kappa shape index (κ1) is 23.1. The van der Waals surface area contributed by atoms with Gasteiger partial charge in [0.1, 0.15) is 12.3 Å². The predicted molar refractivity (Wildman–Crippen MR) is 120 cm³/mol. The molecule has 4 aliphatic rings. The topological polar surface area (TPSA) is 108 Å². The lowest BCUT2D eigenvalue weighted by molar-refractivity contribution is -0.143. The van der Waals surface area contributed by atoms with E-state index in [4.69, 9.17) is 0 Å². The lowest BCUT2D eigenvalue weighted by Gasteiger charge is -2.48. The van der Waals surface area contributed by atoms with Crippen LogP contribution in [0.3, 0.4) is 0 Å². The number of hydrogen-bond donors (Lipinski definition) is 3. The molecule has 3 aliphatic carbocycles. The number of likely N-dealkylation sites (tertiary alicyclic amines) is 1. The van der Waals surface area contributed by atoms with Crippen molar-refractivity contribution >= 4 is 24.1 Å².